The van der Waals surface area contributed by atoms with Crippen molar-refractivity contribution in [3.63, 3.8) is 0 Å². The van der Waals surface area contributed by atoms with Gasteiger partial charge in [-0.1, -0.05) is 25.1 Å². The van der Waals surface area contributed by atoms with Gasteiger partial charge < -0.3 is 21.7 Å². The smallest absolute Gasteiger partial charge is 0.219 e. The van der Waals surface area contributed by atoms with Crippen LogP contribution < -0.4 is 16.8 Å². The van der Waals surface area contributed by atoms with Crippen LogP contribution in [-0.2, 0) is 11.3 Å². The number of benzene rings is 2. The number of nitrogens with zero attached hydrogens (tertiary/aromatic N) is 2. The van der Waals surface area contributed by atoms with Crippen LogP contribution in [0.5, 0.6) is 0 Å². The number of anilines is 2. The number of aldehydes is 1. The van der Waals surface area contributed by atoms with Crippen LogP contribution in [-0.4, -0.2) is 60.8 Å². The van der Waals surface area contributed by atoms with Gasteiger partial charge in [-0.3, -0.25) is 14.5 Å². The van der Waals surface area contributed by atoms with Gasteiger partial charge >= 0.3 is 0 Å². The lowest BCUT2D eigenvalue weighted by molar-refractivity contribution is -0.131. The van der Waals surface area contributed by atoms with Gasteiger partial charge in [0.2, 0.25) is 5.91 Å². The van der Waals surface area contributed by atoms with E-state index in [9.17, 15) is 18.4 Å². The predicted octanol–water partition coefficient (Wildman–Crippen LogP) is 3.69. The molecule has 0 spiro atoms. The van der Waals surface area contributed by atoms with Crippen molar-refractivity contribution in [2.24, 2.45) is 5.92 Å². The topological polar surface area (TPSA) is 105 Å². The average molecular weight is 504 g/mol. The number of nitrogens with two attached hydrogens (primary N) is 2. The van der Waals surface area contributed by atoms with Gasteiger partial charge in [0.1, 0.15) is 0 Å². The molecule has 2 saturated heterocycles. The van der Waals surface area contributed by atoms with Crippen molar-refractivity contribution in [3.8, 4) is 0 Å². The Morgan fingerprint density at radius 3 is 2.31 bits per heavy atom. The highest BCUT2D eigenvalue weighted by Crippen LogP contribution is 2.21. The monoisotopic (exact) mass is 503 g/mol. The fraction of sp³-hybridized carbons (Fsp3) is 0.481. The average Bonchev–Trinajstić information content (AvgIpc) is 2.85. The molecule has 0 aromatic heterocycles. The van der Waals surface area contributed by atoms with E-state index in [-0.39, 0.29) is 28.7 Å². The van der Waals surface area contributed by atoms with Gasteiger partial charge in [-0.25, -0.2) is 8.78 Å². The van der Waals surface area contributed by atoms with E-state index < -0.39 is 5.82 Å². The number of likely N-dealkylation sites (tertiary alicyclic amines) is 1. The molecule has 0 saturated carbocycles. The fourth-order valence-corrected chi connectivity index (χ4v) is 4.36. The molecule has 5 N–H and O–H groups in total. The molecule has 2 aliphatic heterocycles. The van der Waals surface area contributed by atoms with Crippen LogP contribution in [0, 0.1) is 17.6 Å². The van der Waals surface area contributed by atoms with Crippen LogP contribution in [0.25, 0.3) is 0 Å². The first-order chi connectivity index (χ1) is 17.1. The van der Waals surface area contributed by atoms with E-state index in [2.05, 4.69) is 24.1 Å². The molecule has 2 heterocycles. The van der Waals surface area contributed by atoms with E-state index in [4.69, 9.17) is 11.5 Å². The fourth-order valence-electron chi connectivity index (χ4n) is 4.36. The largest absolute Gasteiger partial charge is 0.396 e. The zero-order valence-corrected chi connectivity index (χ0v) is 21.5. The van der Waals surface area contributed by atoms with Crippen LogP contribution in [0.2, 0.25) is 0 Å². The molecule has 9 heteroatoms. The quantitative estimate of drug-likeness (QED) is 0.436. The maximum atomic E-state index is 13.7. The van der Waals surface area contributed by atoms with E-state index in [1.807, 2.05) is 17.0 Å². The predicted molar refractivity (Wildman–Crippen MR) is 140 cm³/mol. The number of amides is 1. The molecule has 2 fully saturated rings. The molecule has 0 aliphatic carbocycles. The third kappa shape index (κ3) is 8.87. The number of rotatable bonds is 3. The van der Waals surface area contributed by atoms with Gasteiger partial charge in [0.05, 0.1) is 16.9 Å². The number of piperazine rings is 1. The minimum atomic E-state index is -0.641. The second-order valence-electron chi connectivity index (χ2n) is 9.44. The summed E-state index contributed by atoms with van der Waals surface area (Å²) < 4.78 is 26.3. The molecule has 0 bridgehead atoms. The summed E-state index contributed by atoms with van der Waals surface area (Å²) in [4.78, 5) is 25.2. The van der Waals surface area contributed by atoms with E-state index in [0.29, 0.717) is 24.4 Å². The molecular weight excluding hydrogens is 464 g/mol. The lowest BCUT2D eigenvalue weighted by atomic mass is 10.00. The third-order valence-electron chi connectivity index (χ3n) is 6.33. The Morgan fingerprint density at radius 2 is 1.75 bits per heavy atom. The number of carbonyl (C=O) groups excluding carboxylic acids is 2. The van der Waals surface area contributed by atoms with Gasteiger partial charge in [0.15, 0.2) is 17.9 Å². The first kappa shape index (κ1) is 29.2. The summed E-state index contributed by atoms with van der Waals surface area (Å²) in [6, 6.07) is 9.93. The summed E-state index contributed by atoms with van der Waals surface area (Å²) in [5.74, 6) is 0.0186. The molecule has 2 aromatic rings. The summed E-state index contributed by atoms with van der Waals surface area (Å²) in [6.45, 7) is 11.5. The van der Waals surface area contributed by atoms with Crippen molar-refractivity contribution in [2.45, 2.75) is 46.2 Å². The first-order valence-corrected chi connectivity index (χ1v) is 12.4. The van der Waals surface area contributed by atoms with Crippen molar-refractivity contribution in [1.29, 1.82) is 0 Å². The molecule has 2 aromatic carbocycles. The molecule has 4 rings (SSSR count). The maximum Gasteiger partial charge on any atom is 0.219 e. The second kappa shape index (κ2) is 14.5. The van der Waals surface area contributed by atoms with Crippen LogP contribution in [0.3, 0.4) is 0 Å². The van der Waals surface area contributed by atoms with Crippen molar-refractivity contribution < 1.29 is 18.4 Å². The summed E-state index contributed by atoms with van der Waals surface area (Å²) in [5, 5.41) is 3.23. The van der Waals surface area contributed by atoms with Gasteiger partial charge in [0.25, 0.3) is 0 Å². The van der Waals surface area contributed by atoms with E-state index in [0.717, 1.165) is 38.6 Å². The number of piperidine rings is 1. The molecular formula is C27H39F2N5O2. The van der Waals surface area contributed by atoms with Crippen molar-refractivity contribution in [2.75, 3.05) is 44.2 Å². The lowest BCUT2D eigenvalue weighted by Crippen LogP contribution is -2.51. The van der Waals surface area contributed by atoms with Crippen molar-refractivity contribution in [1.82, 2.24) is 15.1 Å². The number of nitrogen functional groups attached to an aromatic ring is 2. The minimum absolute atomic E-state index is 0.000000000000000222. The van der Waals surface area contributed by atoms with Crippen LogP contribution in [0.4, 0.5) is 20.2 Å². The zero-order valence-electron chi connectivity index (χ0n) is 21.5. The molecule has 198 valence electrons. The van der Waals surface area contributed by atoms with E-state index in [1.165, 1.54) is 31.0 Å². The van der Waals surface area contributed by atoms with E-state index >= 15 is 0 Å². The number of hydrogen-bond acceptors (Lipinski definition) is 6. The minimum Gasteiger partial charge on any atom is -0.396 e. The molecule has 36 heavy (non-hydrogen) atoms. The van der Waals surface area contributed by atoms with Crippen LogP contribution in [0.15, 0.2) is 36.4 Å². The van der Waals surface area contributed by atoms with Crippen molar-refractivity contribution in [3.05, 3.63) is 59.2 Å². The first-order valence-electron chi connectivity index (χ1n) is 12.4. The standard InChI is InChI=1S/C13H19FN2.C7H6FNO.C7H14N2O/c1-10-4-3-7-16(8-10)9-11-5-2-6-12(15)13(11)14;8-7-5(4-10)2-1-3-6(7)9;1-6-5-8-3-4-9(6)7(2)10/h2,5-6,10H,3-4,7-9,15H2,1H3;1-4H,9H2;6,8H,3-5H2,1-2H3/t10-;;6-/m0.1/s1. The molecule has 2 atom stereocenters. The summed E-state index contributed by atoms with van der Waals surface area (Å²) in [5.41, 5.74) is 11.7. The number of hydrogen-bond donors (Lipinski definition) is 3. The molecule has 7 nitrogen and oxygen atoms in total. The Balaban J connectivity index is 0.000000200. The van der Waals surface area contributed by atoms with Crippen molar-refractivity contribution >= 4 is 23.6 Å². The Morgan fingerprint density at radius 1 is 1.08 bits per heavy atom. The Kier molecular flexibility index (Phi) is 11.8. The maximum absolute atomic E-state index is 13.7. The van der Waals surface area contributed by atoms with Gasteiger partial charge in [-0.2, -0.15) is 0 Å². The number of carbonyl (C=O) groups is 2. The van der Waals surface area contributed by atoms with Gasteiger partial charge in [-0.05, 0) is 50.4 Å². The highest BCUT2D eigenvalue weighted by Gasteiger charge is 2.19. The van der Waals surface area contributed by atoms with Crippen LogP contribution in [0.1, 0.15) is 49.5 Å². The SMILES string of the molecule is CC(=O)N1CCNC[C@H]1C.C[C@H]1CCCN(Cc2cccc(N)c2F)C1.Nc1cccc(C=O)c1F. The zero-order chi connectivity index (χ0) is 26.7. The Labute approximate surface area is 212 Å². The van der Waals surface area contributed by atoms with Gasteiger partial charge in [0, 0.05) is 51.3 Å². The Bertz CT molecular complexity index is 1000. The normalized spacial score (nSPS) is 19.9. The number of nitrogens with one attached hydrogen (secondary N) is 1. The highest BCUT2D eigenvalue weighted by atomic mass is 19.1. The number of halogens is 2. The van der Waals surface area contributed by atoms with E-state index in [1.54, 1.807) is 13.0 Å². The second-order valence-corrected chi connectivity index (χ2v) is 9.44. The van der Waals surface area contributed by atoms with Gasteiger partial charge in [-0.15, -0.1) is 0 Å². The molecule has 0 radical (unpaired) electrons. The molecule has 0 unspecified atom stereocenters. The Hall–Kier alpha value is -3.04. The summed E-state index contributed by atoms with van der Waals surface area (Å²) in [7, 11) is 0. The highest BCUT2D eigenvalue weighted by molar-refractivity contribution is 5.77. The third-order valence-corrected chi connectivity index (χ3v) is 6.33. The molecule has 2 aliphatic rings. The summed E-state index contributed by atoms with van der Waals surface area (Å²) >= 11 is 0. The summed E-state index contributed by atoms with van der Waals surface area (Å²) in [6.07, 6.45) is 2.94. The molecule has 1 amide bonds. The van der Waals surface area contributed by atoms with Crippen LogP contribution >= 0.6 is 0 Å². The lowest BCUT2D eigenvalue weighted by Gasteiger charge is -2.32.